The molecular weight excluding hydrogens is 294 g/mol. The molecule has 3 aromatic rings. The van der Waals surface area contributed by atoms with Gasteiger partial charge in [0, 0.05) is 25.6 Å². The minimum absolute atomic E-state index is 0.0158. The van der Waals surface area contributed by atoms with Gasteiger partial charge in [0.05, 0.1) is 17.9 Å². The first-order chi connectivity index (χ1) is 11.0. The Morgan fingerprint density at radius 3 is 3.00 bits per heavy atom. The summed E-state index contributed by atoms with van der Waals surface area (Å²) in [4.78, 5) is 23.3. The van der Waals surface area contributed by atoms with Gasteiger partial charge in [0.2, 0.25) is 0 Å². The van der Waals surface area contributed by atoms with Crippen LogP contribution in [0.25, 0.3) is 11.1 Å². The van der Waals surface area contributed by atoms with E-state index in [0.717, 1.165) is 23.6 Å². The molecule has 7 nitrogen and oxygen atoms in total. The van der Waals surface area contributed by atoms with Crippen molar-refractivity contribution in [3.8, 4) is 0 Å². The Hall–Kier alpha value is -2.83. The Bertz CT molecular complexity index is 924. The number of nitrogens with zero attached hydrogens (tertiary/aromatic N) is 4. The number of aryl methyl sites for hydroxylation is 1. The first kappa shape index (κ1) is 13.8. The van der Waals surface area contributed by atoms with Crippen LogP contribution in [-0.4, -0.2) is 31.9 Å². The summed E-state index contributed by atoms with van der Waals surface area (Å²) in [6, 6.07) is 5.31. The highest BCUT2D eigenvalue weighted by Crippen LogP contribution is 2.23. The van der Waals surface area contributed by atoms with Crippen molar-refractivity contribution in [2.45, 2.75) is 19.9 Å². The monoisotopic (exact) mass is 311 g/mol. The van der Waals surface area contributed by atoms with E-state index in [9.17, 15) is 4.79 Å². The summed E-state index contributed by atoms with van der Waals surface area (Å²) in [5, 5.41) is 0. The van der Waals surface area contributed by atoms with Gasteiger partial charge in [0.15, 0.2) is 5.58 Å². The van der Waals surface area contributed by atoms with Gasteiger partial charge in [-0.15, -0.1) is 0 Å². The highest BCUT2D eigenvalue weighted by atomic mass is 16.4. The Labute approximate surface area is 132 Å². The van der Waals surface area contributed by atoms with E-state index < -0.39 is 0 Å². The topological polar surface area (TPSA) is 90.2 Å². The van der Waals surface area contributed by atoms with E-state index in [1.807, 2.05) is 18.9 Å². The largest absolute Gasteiger partial charge is 0.424 e. The number of nitrogen functional groups attached to an aromatic ring is 1. The quantitative estimate of drug-likeness (QED) is 0.738. The van der Waals surface area contributed by atoms with Crippen LogP contribution >= 0.6 is 0 Å². The van der Waals surface area contributed by atoms with Crippen molar-refractivity contribution >= 4 is 23.0 Å². The number of hydrogen-bond donors (Lipinski definition) is 1. The van der Waals surface area contributed by atoms with Crippen LogP contribution in [0.3, 0.4) is 0 Å². The molecule has 0 bridgehead atoms. The van der Waals surface area contributed by atoms with Crippen LogP contribution in [0, 0.1) is 6.92 Å². The first-order valence-electron chi connectivity index (χ1n) is 7.49. The van der Waals surface area contributed by atoms with E-state index in [-0.39, 0.29) is 11.9 Å². The van der Waals surface area contributed by atoms with Crippen LogP contribution < -0.4 is 5.73 Å². The summed E-state index contributed by atoms with van der Waals surface area (Å²) in [6.07, 6.45) is 0.780. The number of aromatic nitrogens is 3. The molecule has 3 heterocycles. The number of carbonyl (C=O) groups excluding carboxylic acids is 1. The fraction of sp³-hybridized carbons (Fsp3) is 0.312. The Morgan fingerprint density at radius 1 is 1.35 bits per heavy atom. The Kier molecular flexibility index (Phi) is 2.90. The van der Waals surface area contributed by atoms with Gasteiger partial charge in [-0.05, 0) is 25.1 Å². The Balaban J connectivity index is 1.64. The number of anilines is 1. The van der Waals surface area contributed by atoms with Crippen molar-refractivity contribution in [3.63, 3.8) is 0 Å². The number of hydrogen-bond acceptors (Lipinski definition) is 5. The van der Waals surface area contributed by atoms with Gasteiger partial charge in [0.1, 0.15) is 11.3 Å². The van der Waals surface area contributed by atoms with E-state index in [2.05, 4.69) is 14.5 Å². The molecule has 1 amide bonds. The van der Waals surface area contributed by atoms with Crippen molar-refractivity contribution in [2.24, 2.45) is 7.05 Å². The molecule has 118 valence electrons. The van der Waals surface area contributed by atoms with Crippen LogP contribution in [0.4, 0.5) is 6.01 Å². The molecule has 0 spiro atoms. The van der Waals surface area contributed by atoms with Crippen molar-refractivity contribution < 1.29 is 9.21 Å². The molecule has 0 unspecified atom stereocenters. The van der Waals surface area contributed by atoms with Crippen molar-refractivity contribution in [3.05, 3.63) is 41.0 Å². The summed E-state index contributed by atoms with van der Waals surface area (Å²) in [5.74, 6) is 0.960. The van der Waals surface area contributed by atoms with Gasteiger partial charge >= 0.3 is 0 Å². The van der Waals surface area contributed by atoms with Crippen molar-refractivity contribution in [1.29, 1.82) is 0 Å². The molecule has 7 heteroatoms. The third-order valence-corrected chi connectivity index (χ3v) is 4.42. The highest BCUT2D eigenvalue weighted by Gasteiger charge is 2.25. The standard InChI is InChI=1S/C16H17N5O2/c1-9-18-11-5-6-21(8-13(11)20(9)2)15(22)10-3-4-14-12(7-10)19-16(17)23-14/h3-4,7H,5-6,8H2,1-2H3,(H2,17,19). The van der Waals surface area contributed by atoms with Crippen LogP contribution in [0.2, 0.25) is 0 Å². The van der Waals surface area contributed by atoms with Gasteiger partial charge in [-0.3, -0.25) is 4.79 Å². The molecule has 23 heavy (non-hydrogen) atoms. The van der Waals surface area contributed by atoms with Crippen molar-refractivity contribution in [1.82, 2.24) is 19.4 Å². The molecule has 2 aromatic heterocycles. The molecule has 1 aliphatic rings. The van der Waals surface area contributed by atoms with Crippen molar-refractivity contribution in [2.75, 3.05) is 12.3 Å². The van der Waals surface area contributed by atoms with Gasteiger partial charge in [-0.2, -0.15) is 4.98 Å². The van der Waals surface area contributed by atoms with Gasteiger partial charge in [0.25, 0.3) is 11.9 Å². The third kappa shape index (κ3) is 2.16. The third-order valence-electron chi connectivity index (χ3n) is 4.42. The summed E-state index contributed by atoms with van der Waals surface area (Å²) in [6.45, 7) is 3.22. The van der Waals surface area contributed by atoms with Gasteiger partial charge < -0.3 is 19.6 Å². The van der Waals surface area contributed by atoms with Crippen LogP contribution in [0.15, 0.2) is 22.6 Å². The number of benzene rings is 1. The summed E-state index contributed by atoms with van der Waals surface area (Å²) >= 11 is 0. The average molecular weight is 311 g/mol. The van der Waals surface area contributed by atoms with Crippen LogP contribution in [0.1, 0.15) is 27.6 Å². The maximum atomic E-state index is 12.8. The minimum Gasteiger partial charge on any atom is -0.424 e. The van der Waals surface area contributed by atoms with E-state index in [0.29, 0.717) is 29.8 Å². The molecule has 0 saturated heterocycles. The molecule has 1 aromatic carbocycles. The molecule has 2 N–H and O–H groups in total. The number of carbonyl (C=O) groups is 1. The SMILES string of the molecule is Cc1nc2c(n1C)CN(C(=O)c1ccc3oc(N)nc3c1)CC2. The lowest BCUT2D eigenvalue weighted by molar-refractivity contribution is 0.0730. The summed E-state index contributed by atoms with van der Waals surface area (Å²) in [5.41, 5.74) is 9.52. The zero-order valence-corrected chi connectivity index (χ0v) is 13.0. The molecule has 0 radical (unpaired) electrons. The average Bonchev–Trinajstić information content (AvgIpc) is 3.05. The molecule has 0 aliphatic carbocycles. The highest BCUT2D eigenvalue weighted by molar-refractivity contribution is 5.97. The number of amides is 1. The molecule has 0 saturated carbocycles. The summed E-state index contributed by atoms with van der Waals surface area (Å²) < 4.78 is 7.30. The normalized spacial score (nSPS) is 14.3. The molecule has 4 rings (SSSR count). The van der Waals surface area contributed by atoms with E-state index in [1.54, 1.807) is 18.2 Å². The van der Waals surface area contributed by atoms with Gasteiger partial charge in [-0.25, -0.2) is 4.98 Å². The second kappa shape index (κ2) is 4.84. The van der Waals surface area contributed by atoms with Crippen LogP contribution in [0.5, 0.6) is 0 Å². The second-order valence-corrected chi connectivity index (χ2v) is 5.82. The predicted octanol–water partition coefficient (Wildman–Crippen LogP) is 1.65. The lowest BCUT2D eigenvalue weighted by Crippen LogP contribution is -2.36. The minimum atomic E-state index is -0.0158. The zero-order valence-electron chi connectivity index (χ0n) is 13.0. The van der Waals surface area contributed by atoms with Gasteiger partial charge in [-0.1, -0.05) is 0 Å². The van der Waals surface area contributed by atoms with Crippen LogP contribution in [-0.2, 0) is 20.0 Å². The summed E-state index contributed by atoms with van der Waals surface area (Å²) in [7, 11) is 1.99. The number of nitrogens with two attached hydrogens (primary N) is 1. The number of oxazole rings is 1. The predicted molar refractivity (Wildman–Crippen MR) is 84.8 cm³/mol. The second-order valence-electron chi connectivity index (χ2n) is 5.82. The molecular formula is C16H17N5O2. The van der Waals surface area contributed by atoms with E-state index in [1.165, 1.54) is 0 Å². The molecule has 0 atom stereocenters. The fourth-order valence-corrected chi connectivity index (χ4v) is 3.06. The lowest BCUT2D eigenvalue weighted by Gasteiger charge is -2.27. The number of rotatable bonds is 1. The number of fused-ring (bicyclic) bond motifs is 2. The number of imidazole rings is 1. The maximum absolute atomic E-state index is 12.8. The first-order valence-corrected chi connectivity index (χ1v) is 7.49. The zero-order chi connectivity index (χ0) is 16.1. The maximum Gasteiger partial charge on any atom is 0.292 e. The molecule has 0 fully saturated rings. The Morgan fingerprint density at radius 2 is 2.17 bits per heavy atom. The smallest absolute Gasteiger partial charge is 0.292 e. The lowest BCUT2D eigenvalue weighted by atomic mass is 10.1. The molecule has 1 aliphatic heterocycles. The fourth-order valence-electron chi connectivity index (χ4n) is 3.06. The van der Waals surface area contributed by atoms with E-state index >= 15 is 0 Å². The van der Waals surface area contributed by atoms with E-state index in [4.69, 9.17) is 10.2 Å².